The molecule has 0 fully saturated rings. The van der Waals surface area contributed by atoms with Crippen molar-refractivity contribution in [1.29, 1.82) is 0 Å². The van der Waals surface area contributed by atoms with E-state index in [-0.39, 0.29) is 0 Å². The van der Waals surface area contributed by atoms with Crippen molar-refractivity contribution >= 4 is 11.7 Å². The third-order valence-electron chi connectivity index (χ3n) is 3.24. The summed E-state index contributed by atoms with van der Waals surface area (Å²) < 4.78 is 0. The van der Waals surface area contributed by atoms with Crippen LogP contribution in [0.4, 0.5) is 5.69 Å². The molecule has 0 saturated heterocycles. The van der Waals surface area contributed by atoms with E-state index in [1.165, 1.54) is 0 Å². The van der Waals surface area contributed by atoms with Crippen molar-refractivity contribution in [2.24, 2.45) is 0 Å². The van der Waals surface area contributed by atoms with Gasteiger partial charge in [-0.3, -0.25) is 0 Å². The number of carbonyl (C=O) groups is 1. The van der Waals surface area contributed by atoms with Gasteiger partial charge in [0.15, 0.2) is 0 Å². The highest BCUT2D eigenvalue weighted by Crippen LogP contribution is 2.22. The van der Waals surface area contributed by atoms with Gasteiger partial charge < -0.3 is 10.0 Å². The highest BCUT2D eigenvalue weighted by Gasteiger charge is 2.13. The zero-order valence-corrected chi connectivity index (χ0v) is 11.0. The zero-order valence-electron chi connectivity index (χ0n) is 11.0. The van der Waals surface area contributed by atoms with E-state index < -0.39 is 5.97 Å². The fourth-order valence-corrected chi connectivity index (χ4v) is 2.04. The lowest BCUT2D eigenvalue weighted by Crippen LogP contribution is -2.32. The number of aryl methyl sites for hydroxylation is 1. The van der Waals surface area contributed by atoms with E-state index in [1.54, 1.807) is 6.07 Å². The molecule has 0 saturated carbocycles. The SMILES string of the molecule is CCC(C)N(CC)c1ccc(C(=O)O)c(C)c1. The summed E-state index contributed by atoms with van der Waals surface area (Å²) >= 11 is 0. The predicted octanol–water partition coefficient (Wildman–Crippen LogP) is 3.32. The molecular formula is C14H21NO2. The molecule has 0 spiro atoms. The molecule has 94 valence electrons. The van der Waals surface area contributed by atoms with Gasteiger partial charge in [-0.05, 0) is 51.0 Å². The molecule has 3 heteroatoms. The van der Waals surface area contributed by atoms with Crippen LogP contribution < -0.4 is 4.90 Å². The quantitative estimate of drug-likeness (QED) is 0.851. The third kappa shape index (κ3) is 2.99. The number of anilines is 1. The Morgan fingerprint density at radius 1 is 1.41 bits per heavy atom. The number of nitrogens with zero attached hydrogens (tertiary/aromatic N) is 1. The topological polar surface area (TPSA) is 40.5 Å². The van der Waals surface area contributed by atoms with Gasteiger partial charge in [-0.1, -0.05) is 6.92 Å². The van der Waals surface area contributed by atoms with Crippen LogP contribution >= 0.6 is 0 Å². The second kappa shape index (κ2) is 5.71. The van der Waals surface area contributed by atoms with Gasteiger partial charge in [0.1, 0.15) is 0 Å². The first-order chi connectivity index (χ1) is 8.01. The van der Waals surface area contributed by atoms with Gasteiger partial charge in [0.05, 0.1) is 5.56 Å². The fourth-order valence-electron chi connectivity index (χ4n) is 2.04. The van der Waals surface area contributed by atoms with Crippen LogP contribution in [-0.2, 0) is 0 Å². The summed E-state index contributed by atoms with van der Waals surface area (Å²) in [6, 6.07) is 6.01. The highest BCUT2D eigenvalue weighted by atomic mass is 16.4. The lowest BCUT2D eigenvalue weighted by molar-refractivity contribution is 0.0696. The number of carboxylic acid groups (broad SMARTS) is 1. The van der Waals surface area contributed by atoms with Gasteiger partial charge in [0.2, 0.25) is 0 Å². The molecular weight excluding hydrogens is 214 g/mol. The van der Waals surface area contributed by atoms with Gasteiger partial charge in [0, 0.05) is 18.3 Å². The molecule has 0 bridgehead atoms. The Morgan fingerprint density at radius 3 is 2.47 bits per heavy atom. The summed E-state index contributed by atoms with van der Waals surface area (Å²) in [7, 11) is 0. The molecule has 3 nitrogen and oxygen atoms in total. The second-order valence-corrected chi connectivity index (χ2v) is 4.35. The van der Waals surface area contributed by atoms with Crippen LogP contribution in [-0.4, -0.2) is 23.7 Å². The Morgan fingerprint density at radius 2 is 2.06 bits per heavy atom. The summed E-state index contributed by atoms with van der Waals surface area (Å²) in [5, 5.41) is 8.99. The van der Waals surface area contributed by atoms with E-state index >= 15 is 0 Å². The molecule has 0 aliphatic rings. The Bertz CT molecular complexity index is 401. The van der Waals surface area contributed by atoms with E-state index in [0.29, 0.717) is 11.6 Å². The van der Waals surface area contributed by atoms with Crippen LogP contribution in [0, 0.1) is 6.92 Å². The maximum Gasteiger partial charge on any atom is 0.335 e. The van der Waals surface area contributed by atoms with Gasteiger partial charge in [-0.2, -0.15) is 0 Å². The molecule has 1 rings (SSSR count). The van der Waals surface area contributed by atoms with Gasteiger partial charge in [-0.25, -0.2) is 4.79 Å². The monoisotopic (exact) mass is 235 g/mol. The van der Waals surface area contributed by atoms with E-state index in [4.69, 9.17) is 5.11 Å². The Labute approximate surface area is 103 Å². The van der Waals surface area contributed by atoms with Gasteiger partial charge in [0.25, 0.3) is 0 Å². The Hall–Kier alpha value is -1.51. The summed E-state index contributed by atoms with van der Waals surface area (Å²) in [5.41, 5.74) is 2.30. The molecule has 0 amide bonds. The van der Waals surface area contributed by atoms with Crippen molar-refractivity contribution in [3.05, 3.63) is 29.3 Å². The first-order valence-corrected chi connectivity index (χ1v) is 6.11. The summed E-state index contributed by atoms with van der Waals surface area (Å²) in [6.07, 6.45) is 1.08. The standard InChI is InChI=1S/C14H21NO2/c1-5-11(4)15(6-2)12-7-8-13(14(16)17)10(3)9-12/h7-9,11H,5-6H2,1-4H3,(H,16,17). The first kappa shape index (κ1) is 13.6. The normalized spacial score (nSPS) is 12.2. The minimum Gasteiger partial charge on any atom is -0.478 e. The maximum atomic E-state index is 10.9. The van der Waals surface area contributed by atoms with Crippen molar-refractivity contribution in [2.45, 2.75) is 40.2 Å². The first-order valence-electron chi connectivity index (χ1n) is 6.11. The van der Waals surface area contributed by atoms with E-state index in [1.807, 2.05) is 19.1 Å². The van der Waals surface area contributed by atoms with Crippen molar-refractivity contribution in [3.8, 4) is 0 Å². The highest BCUT2D eigenvalue weighted by molar-refractivity contribution is 5.89. The molecule has 1 atom stereocenters. The molecule has 1 N–H and O–H groups in total. The average molecular weight is 235 g/mol. The van der Waals surface area contributed by atoms with E-state index in [2.05, 4.69) is 25.7 Å². The molecule has 0 aliphatic carbocycles. The number of hydrogen-bond donors (Lipinski definition) is 1. The number of rotatable bonds is 5. The Balaban J connectivity index is 3.07. The van der Waals surface area contributed by atoms with E-state index in [0.717, 1.165) is 24.2 Å². The van der Waals surface area contributed by atoms with E-state index in [9.17, 15) is 4.79 Å². The Kier molecular flexibility index (Phi) is 4.55. The van der Waals surface area contributed by atoms with Crippen LogP contribution in [0.2, 0.25) is 0 Å². The lowest BCUT2D eigenvalue weighted by atomic mass is 10.1. The molecule has 0 aromatic heterocycles. The van der Waals surface area contributed by atoms with Crippen LogP contribution in [0.15, 0.2) is 18.2 Å². The predicted molar refractivity (Wildman–Crippen MR) is 70.9 cm³/mol. The van der Waals surface area contributed by atoms with Crippen LogP contribution in [0.25, 0.3) is 0 Å². The summed E-state index contributed by atoms with van der Waals surface area (Å²) in [6.45, 7) is 9.24. The van der Waals surface area contributed by atoms with Crippen molar-refractivity contribution in [3.63, 3.8) is 0 Å². The van der Waals surface area contributed by atoms with Gasteiger partial charge in [-0.15, -0.1) is 0 Å². The number of hydrogen-bond acceptors (Lipinski definition) is 2. The number of carboxylic acids is 1. The fraction of sp³-hybridized carbons (Fsp3) is 0.500. The zero-order chi connectivity index (χ0) is 13.0. The minimum absolute atomic E-state index is 0.383. The molecule has 1 aromatic rings. The van der Waals surface area contributed by atoms with Crippen molar-refractivity contribution in [1.82, 2.24) is 0 Å². The molecule has 0 radical (unpaired) electrons. The van der Waals surface area contributed by atoms with Crippen molar-refractivity contribution in [2.75, 3.05) is 11.4 Å². The van der Waals surface area contributed by atoms with Gasteiger partial charge >= 0.3 is 5.97 Å². The lowest BCUT2D eigenvalue weighted by Gasteiger charge is -2.30. The number of benzene rings is 1. The second-order valence-electron chi connectivity index (χ2n) is 4.35. The molecule has 1 unspecified atom stereocenters. The molecule has 1 aromatic carbocycles. The van der Waals surface area contributed by atoms with Crippen LogP contribution in [0.3, 0.4) is 0 Å². The van der Waals surface area contributed by atoms with Crippen LogP contribution in [0.1, 0.15) is 43.1 Å². The minimum atomic E-state index is -0.861. The third-order valence-corrected chi connectivity index (χ3v) is 3.24. The molecule has 0 aliphatic heterocycles. The summed E-state index contributed by atoms with van der Waals surface area (Å²) in [4.78, 5) is 13.2. The average Bonchev–Trinajstić information content (AvgIpc) is 2.29. The maximum absolute atomic E-state index is 10.9. The smallest absolute Gasteiger partial charge is 0.335 e. The molecule has 17 heavy (non-hydrogen) atoms. The molecule has 0 heterocycles. The number of aromatic carboxylic acids is 1. The summed E-state index contributed by atoms with van der Waals surface area (Å²) in [5.74, 6) is -0.861. The van der Waals surface area contributed by atoms with Crippen molar-refractivity contribution < 1.29 is 9.90 Å². The van der Waals surface area contributed by atoms with Crippen LogP contribution in [0.5, 0.6) is 0 Å². The largest absolute Gasteiger partial charge is 0.478 e.